The monoisotopic (exact) mass is 486 g/mol. The van der Waals surface area contributed by atoms with Crippen molar-refractivity contribution < 1.29 is 14.3 Å². The number of likely N-dealkylation sites (tertiary alicyclic amines) is 1. The first-order valence-electron chi connectivity index (χ1n) is 10.4. The fraction of sp³-hybridized carbons (Fsp3) is 0.435. The van der Waals surface area contributed by atoms with Crippen molar-refractivity contribution in [1.82, 2.24) is 10.2 Å². The summed E-state index contributed by atoms with van der Waals surface area (Å²) in [7, 11) is 0. The number of benzene rings is 2. The molecule has 0 atom stereocenters. The average Bonchev–Trinajstić information content (AvgIpc) is 3.13. The Kier molecular flexibility index (Phi) is 10.7. The molecule has 1 aliphatic rings. The lowest BCUT2D eigenvalue weighted by molar-refractivity contribution is -0.127. The standard InChI is InChI=1S/C23H28Cl2N2O3.ClH/c1-2-29-21-7-3-6-17(15-26-11-5-13-27-12-4-8-22(27)28)23(21)30-16-18-9-10-19(24)14-20(18)25;/h3,6-7,9-10,14,26H,2,4-5,8,11-13,15-16H2,1H3;1H. The van der Waals surface area contributed by atoms with Gasteiger partial charge in [0.1, 0.15) is 6.61 Å². The van der Waals surface area contributed by atoms with E-state index in [0.717, 1.165) is 43.6 Å². The third-order valence-electron chi connectivity index (χ3n) is 5.02. The number of carbonyl (C=O) groups excluding carboxylic acids is 1. The second-order valence-electron chi connectivity index (χ2n) is 7.22. The van der Waals surface area contributed by atoms with E-state index in [4.69, 9.17) is 32.7 Å². The zero-order valence-corrected chi connectivity index (χ0v) is 20.0. The molecule has 1 aliphatic heterocycles. The molecule has 8 heteroatoms. The Morgan fingerprint density at radius 2 is 1.97 bits per heavy atom. The van der Waals surface area contributed by atoms with Crippen molar-refractivity contribution in [3.63, 3.8) is 0 Å². The summed E-state index contributed by atoms with van der Waals surface area (Å²) in [4.78, 5) is 13.6. The van der Waals surface area contributed by atoms with E-state index < -0.39 is 0 Å². The van der Waals surface area contributed by atoms with E-state index >= 15 is 0 Å². The minimum Gasteiger partial charge on any atom is -0.490 e. The van der Waals surface area contributed by atoms with Crippen LogP contribution in [0, 0.1) is 0 Å². The molecule has 3 rings (SSSR count). The molecule has 2 aromatic rings. The van der Waals surface area contributed by atoms with Gasteiger partial charge in [0, 0.05) is 47.2 Å². The minimum atomic E-state index is 0. The van der Waals surface area contributed by atoms with E-state index in [0.29, 0.717) is 47.7 Å². The number of hydrogen-bond acceptors (Lipinski definition) is 4. The molecular formula is C23H29Cl3N2O3. The van der Waals surface area contributed by atoms with Crippen molar-refractivity contribution in [3.05, 3.63) is 57.6 Å². The van der Waals surface area contributed by atoms with Crippen LogP contribution in [0.2, 0.25) is 10.0 Å². The van der Waals surface area contributed by atoms with Gasteiger partial charge in [-0.05, 0) is 44.5 Å². The Balaban J connectivity index is 0.00000341. The summed E-state index contributed by atoms with van der Waals surface area (Å²) in [6.45, 7) is 6.00. The maximum atomic E-state index is 11.7. The second kappa shape index (κ2) is 13.0. The van der Waals surface area contributed by atoms with E-state index in [2.05, 4.69) is 5.32 Å². The van der Waals surface area contributed by atoms with E-state index in [1.54, 1.807) is 12.1 Å². The molecule has 0 bridgehead atoms. The van der Waals surface area contributed by atoms with Crippen LogP contribution in [0.4, 0.5) is 0 Å². The fourth-order valence-corrected chi connectivity index (χ4v) is 3.94. The highest BCUT2D eigenvalue weighted by Gasteiger charge is 2.19. The molecule has 1 N–H and O–H groups in total. The van der Waals surface area contributed by atoms with Crippen molar-refractivity contribution in [2.45, 2.75) is 39.3 Å². The predicted octanol–water partition coefficient (Wildman–Crippen LogP) is 5.50. The average molecular weight is 488 g/mol. The van der Waals surface area contributed by atoms with Crippen LogP contribution in [0.15, 0.2) is 36.4 Å². The molecule has 5 nitrogen and oxygen atoms in total. The molecule has 0 spiro atoms. The minimum absolute atomic E-state index is 0. The number of halogens is 3. The first-order valence-corrected chi connectivity index (χ1v) is 11.1. The number of rotatable bonds is 11. The number of para-hydroxylation sites is 1. The van der Waals surface area contributed by atoms with Gasteiger partial charge in [-0.3, -0.25) is 4.79 Å². The Bertz CT molecular complexity index is 864. The molecule has 31 heavy (non-hydrogen) atoms. The number of nitrogens with zero attached hydrogens (tertiary/aromatic N) is 1. The molecule has 0 radical (unpaired) electrons. The normalized spacial score (nSPS) is 13.3. The van der Waals surface area contributed by atoms with Crippen molar-refractivity contribution in [2.75, 3.05) is 26.2 Å². The zero-order valence-electron chi connectivity index (χ0n) is 17.7. The van der Waals surface area contributed by atoms with Gasteiger partial charge in [0.2, 0.25) is 5.91 Å². The number of amides is 1. The van der Waals surface area contributed by atoms with Crippen molar-refractivity contribution in [3.8, 4) is 11.5 Å². The summed E-state index contributed by atoms with van der Waals surface area (Å²) < 4.78 is 11.9. The van der Waals surface area contributed by atoms with E-state index in [1.807, 2.05) is 36.1 Å². The van der Waals surface area contributed by atoms with Gasteiger partial charge in [0.05, 0.1) is 6.61 Å². The first kappa shape index (κ1) is 25.6. The van der Waals surface area contributed by atoms with E-state index in [1.165, 1.54) is 0 Å². The molecule has 1 amide bonds. The third-order valence-corrected chi connectivity index (χ3v) is 5.60. The van der Waals surface area contributed by atoms with Crippen LogP contribution >= 0.6 is 35.6 Å². The Hall–Kier alpha value is -1.66. The highest BCUT2D eigenvalue weighted by atomic mass is 35.5. The van der Waals surface area contributed by atoms with Crippen LogP contribution in [-0.4, -0.2) is 37.0 Å². The molecule has 1 saturated heterocycles. The lowest BCUT2D eigenvalue weighted by Gasteiger charge is -2.18. The van der Waals surface area contributed by atoms with Crippen LogP contribution in [0.3, 0.4) is 0 Å². The Morgan fingerprint density at radius 1 is 1.13 bits per heavy atom. The summed E-state index contributed by atoms with van der Waals surface area (Å²) in [6, 6.07) is 11.3. The quantitative estimate of drug-likeness (QED) is 0.426. The van der Waals surface area contributed by atoms with Crippen molar-refractivity contribution in [2.24, 2.45) is 0 Å². The molecule has 0 aromatic heterocycles. The van der Waals surface area contributed by atoms with Gasteiger partial charge in [0.25, 0.3) is 0 Å². The number of nitrogens with one attached hydrogen (secondary N) is 1. The zero-order chi connectivity index (χ0) is 21.3. The van der Waals surface area contributed by atoms with Gasteiger partial charge in [-0.25, -0.2) is 0 Å². The molecular weight excluding hydrogens is 459 g/mol. The molecule has 170 valence electrons. The SMILES string of the molecule is CCOc1cccc(CNCCCN2CCCC2=O)c1OCc1ccc(Cl)cc1Cl.Cl. The van der Waals surface area contributed by atoms with E-state index in [9.17, 15) is 4.79 Å². The highest BCUT2D eigenvalue weighted by Crippen LogP contribution is 2.33. The third kappa shape index (κ3) is 7.46. The second-order valence-corrected chi connectivity index (χ2v) is 8.06. The number of hydrogen-bond donors (Lipinski definition) is 1. The maximum Gasteiger partial charge on any atom is 0.222 e. The van der Waals surface area contributed by atoms with Gasteiger partial charge in [-0.15, -0.1) is 12.4 Å². The largest absolute Gasteiger partial charge is 0.490 e. The van der Waals surface area contributed by atoms with Crippen molar-refractivity contribution >= 4 is 41.5 Å². The number of carbonyl (C=O) groups is 1. The smallest absolute Gasteiger partial charge is 0.222 e. The van der Waals surface area contributed by atoms with Gasteiger partial charge in [-0.1, -0.05) is 41.4 Å². The highest BCUT2D eigenvalue weighted by molar-refractivity contribution is 6.35. The molecule has 0 aliphatic carbocycles. The van der Waals surface area contributed by atoms with Crippen LogP contribution < -0.4 is 14.8 Å². The van der Waals surface area contributed by atoms with Gasteiger partial charge in [-0.2, -0.15) is 0 Å². The van der Waals surface area contributed by atoms with E-state index in [-0.39, 0.29) is 18.3 Å². The van der Waals surface area contributed by atoms with Crippen LogP contribution in [-0.2, 0) is 17.9 Å². The fourth-order valence-electron chi connectivity index (χ4n) is 3.48. The topological polar surface area (TPSA) is 50.8 Å². The van der Waals surface area contributed by atoms with Crippen molar-refractivity contribution in [1.29, 1.82) is 0 Å². The lowest BCUT2D eigenvalue weighted by Crippen LogP contribution is -2.28. The summed E-state index contributed by atoms with van der Waals surface area (Å²) in [6.07, 6.45) is 2.60. The van der Waals surface area contributed by atoms with Gasteiger partial charge >= 0.3 is 0 Å². The van der Waals surface area contributed by atoms with Crippen LogP contribution in [0.5, 0.6) is 11.5 Å². The summed E-state index contributed by atoms with van der Waals surface area (Å²) >= 11 is 12.3. The molecule has 1 fully saturated rings. The Morgan fingerprint density at radius 3 is 2.68 bits per heavy atom. The summed E-state index contributed by atoms with van der Waals surface area (Å²) in [5.41, 5.74) is 1.88. The lowest BCUT2D eigenvalue weighted by atomic mass is 10.1. The molecule has 0 saturated carbocycles. The molecule has 0 unspecified atom stereocenters. The van der Waals surface area contributed by atoms with Gasteiger partial charge < -0.3 is 19.7 Å². The van der Waals surface area contributed by atoms with Crippen LogP contribution in [0.1, 0.15) is 37.3 Å². The summed E-state index contributed by atoms with van der Waals surface area (Å²) in [5, 5.41) is 4.62. The summed E-state index contributed by atoms with van der Waals surface area (Å²) in [5.74, 6) is 1.70. The Labute approximate surface area is 200 Å². The molecule has 1 heterocycles. The maximum absolute atomic E-state index is 11.7. The molecule has 2 aromatic carbocycles. The predicted molar refractivity (Wildman–Crippen MR) is 128 cm³/mol. The van der Waals surface area contributed by atoms with Gasteiger partial charge in [0.15, 0.2) is 11.5 Å². The number of ether oxygens (including phenoxy) is 2. The van der Waals surface area contributed by atoms with Crippen LogP contribution in [0.25, 0.3) is 0 Å². The first-order chi connectivity index (χ1) is 14.6.